The van der Waals surface area contributed by atoms with Gasteiger partial charge in [0.25, 0.3) is 0 Å². The third-order valence-corrected chi connectivity index (χ3v) is 4.86. The summed E-state index contributed by atoms with van der Waals surface area (Å²) in [6.07, 6.45) is 5.22. The molecule has 1 aliphatic heterocycles. The number of H-pyrrole nitrogens is 1. The second kappa shape index (κ2) is 7.69. The van der Waals surface area contributed by atoms with E-state index in [4.69, 9.17) is 4.74 Å². The summed E-state index contributed by atoms with van der Waals surface area (Å²) in [4.78, 5) is 20.7. The van der Waals surface area contributed by atoms with Crippen molar-refractivity contribution in [1.82, 2.24) is 20.1 Å². The van der Waals surface area contributed by atoms with Crippen molar-refractivity contribution in [2.75, 3.05) is 25.2 Å². The molecule has 1 atom stereocenters. The highest BCUT2D eigenvalue weighted by atomic mass is 16.5. The number of methoxy groups -OCH3 is 1. The number of aliphatic hydroxyl groups excluding tert-OH is 1. The van der Waals surface area contributed by atoms with Crippen LogP contribution in [0.2, 0.25) is 0 Å². The molecule has 1 fully saturated rings. The van der Waals surface area contributed by atoms with Crippen molar-refractivity contribution in [2.24, 2.45) is 0 Å². The molecule has 2 N–H and O–H groups in total. The second-order valence-corrected chi connectivity index (χ2v) is 6.60. The van der Waals surface area contributed by atoms with Crippen LogP contribution in [0, 0.1) is 0 Å². The molecule has 2 amide bonds. The van der Waals surface area contributed by atoms with E-state index in [0.717, 1.165) is 22.4 Å². The number of aliphatic hydroxyl groups is 1. The van der Waals surface area contributed by atoms with E-state index < -0.39 is 0 Å². The number of nitrogens with one attached hydrogen (secondary N) is 1. The van der Waals surface area contributed by atoms with Crippen LogP contribution in [0.3, 0.4) is 0 Å². The van der Waals surface area contributed by atoms with Gasteiger partial charge in [0, 0.05) is 30.1 Å². The quantitative estimate of drug-likeness (QED) is 0.685. The summed E-state index contributed by atoms with van der Waals surface area (Å²) in [5.41, 5.74) is 2.78. The fourth-order valence-electron chi connectivity index (χ4n) is 3.34. The van der Waals surface area contributed by atoms with Crippen LogP contribution in [-0.4, -0.2) is 57.5 Å². The summed E-state index contributed by atoms with van der Waals surface area (Å²) in [6.45, 7) is 0.668. The minimum absolute atomic E-state index is 0.112. The van der Waals surface area contributed by atoms with Crippen molar-refractivity contribution in [3.8, 4) is 16.9 Å². The van der Waals surface area contributed by atoms with Gasteiger partial charge in [0.05, 0.1) is 32.5 Å². The van der Waals surface area contributed by atoms with E-state index in [1.807, 2.05) is 36.4 Å². The highest BCUT2D eigenvalue weighted by molar-refractivity contribution is 5.93. The maximum atomic E-state index is 13.0. The van der Waals surface area contributed by atoms with E-state index in [1.165, 1.54) is 0 Å². The smallest absolute Gasteiger partial charge is 0.326 e. The van der Waals surface area contributed by atoms with Gasteiger partial charge in [-0.2, -0.15) is 5.10 Å². The Bertz CT molecular complexity index is 943. The Morgan fingerprint density at radius 2 is 2.14 bits per heavy atom. The van der Waals surface area contributed by atoms with Gasteiger partial charge in [-0.25, -0.2) is 9.78 Å². The largest absolute Gasteiger partial charge is 0.497 e. The van der Waals surface area contributed by atoms with Gasteiger partial charge in [-0.1, -0.05) is 12.1 Å². The first-order valence-corrected chi connectivity index (χ1v) is 8.96. The predicted octanol–water partition coefficient (Wildman–Crippen LogP) is 2.28. The number of pyridine rings is 1. The van der Waals surface area contributed by atoms with Crippen LogP contribution < -0.4 is 9.64 Å². The SMILES string of the molecule is COc1cccc(CN2C(=O)N(c3ccc(-c4cn[nH]c4)cn3)CC2CO)c1. The van der Waals surface area contributed by atoms with Crippen LogP contribution in [0.1, 0.15) is 5.56 Å². The van der Waals surface area contributed by atoms with Crippen molar-refractivity contribution in [1.29, 1.82) is 0 Å². The Hall–Kier alpha value is -3.39. The Labute approximate surface area is 162 Å². The average Bonchev–Trinajstić information content (AvgIpc) is 3.38. The van der Waals surface area contributed by atoms with E-state index in [1.54, 1.807) is 35.5 Å². The van der Waals surface area contributed by atoms with Gasteiger partial charge in [-0.3, -0.25) is 10.00 Å². The lowest BCUT2D eigenvalue weighted by Crippen LogP contribution is -2.36. The van der Waals surface area contributed by atoms with Crippen molar-refractivity contribution in [3.05, 3.63) is 60.6 Å². The van der Waals surface area contributed by atoms with Crippen LogP contribution >= 0.6 is 0 Å². The number of ether oxygens (including phenoxy) is 1. The molecule has 1 aromatic carbocycles. The van der Waals surface area contributed by atoms with Gasteiger partial charge in [0.1, 0.15) is 11.6 Å². The third kappa shape index (κ3) is 3.41. The Morgan fingerprint density at radius 3 is 2.82 bits per heavy atom. The van der Waals surface area contributed by atoms with Gasteiger partial charge in [0.2, 0.25) is 0 Å². The summed E-state index contributed by atoms with van der Waals surface area (Å²) in [7, 11) is 1.61. The standard InChI is InChI=1S/C20H21N5O3/c1-28-18-4-2-3-14(7-18)11-24-17(13-26)12-25(20(24)27)19-6-5-15(8-21-19)16-9-22-23-10-16/h2-10,17,26H,11-13H2,1H3,(H,22,23). The minimum atomic E-state index is -0.297. The lowest BCUT2D eigenvalue weighted by Gasteiger charge is -2.22. The summed E-state index contributed by atoms with van der Waals surface area (Å²) in [5, 5.41) is 16.5. The molecular formula is C20H21N5O3. The zero-order chi connectivity index (χ0) is 19.5. The fourth-order valence-corrected chi connectivity index (χ4v) is 3.34. The first-order valence-electron chi connectivity index (χ1n) is 8.96. The number of hydrogen-bond donors (Lipinski definition) is 2. The maximum Gasteiger partial charge on any atom is 0.326 e. The number of urea groups is 1. The molecule has 2 aromatic heterocycles. The lowest BCUT2D eigenvalue weighted by atomic mass is 10.2. The van der Waals surface area contributed by atoms with Gasteiger partial charge >= 0.3 is 6.03 Å². The number of hydrogen-bond acceptors (Lipinski definition) is 5. The molecule has 1 saturated heterocycles. The third-order valence-electron chi connectivity index (χ3n) is 4.86. The first kappa shape index (κ1) is 18.0. The second-order valence-electron chi connectivity index (χ2n) is 6.60. The number of aromatic nitrogens is 3. The van der Waals surface area contributed by atoms with Crippen LogP contribution in [0.5, 0.6) is 5.75 Å². The predicted molar refractivity (Wildman–Crippen MR) is 104 cm³/mol. The molecule has 0 bridgehead atoms. The molecule has 0 radical (unpaired) electrons. The molecule has 0 aliphatic carbocycles. The van der Waals surface area contributed by atoms with E-state index >= 15 is 0 Å². The van der Waals surface area contributed by atoms with Gasteiger partial charge in [-0.15, -0.1) is 0 Å². The topological polar surface area (TPSA) is 94.6 Å². The van der Waals surface area contributed by atoms with E-state index in [0.29, 0.717) is 18.9 Å². The molecule has 28 heavy (non-hydrogen) atoms. The maximum absolute atomic E-state index is 13.0. The molecule has 4 rings (SSSR count). The average molecular weight is 379 g/mol. The van der Waals surface area contributed by atoms with Crippen LogP contribution in [0.25, 0.3) is 11.1 Å². The zero-order valence-electron chi connectivity index (χ0n) is 15.4. The normalized spacial score (nSPS) is 16.6. The molecule has 0 saturated carbocycles. The molecule has 1 unspecified atom stereocenters. The fraction of sp³-hybridized carbons (Fsp3) is 0.250. The monoisotopic (exact) mass is 379 g/mol. The van der Waals surface area contributed by atoms with E-state index in [-0.39, 0.29) is 18.7 Å². The molecule has 3 heterocycles. The Morgan fingerprint density at radius 1 is 1.25 bits per heavy atom. The number of carbonyl (C=O) groups excluding carboxylic acids is 1. The number of rotatable bonds is 6. The highest BCUT2D eigenvalue weighted by Gasteiger charge is 2.38. The van der Waals surface area contributed by atoms with E-state index in [9.17, 15) is 9.90 Å². The van der Waals surface area contributed by atoms with Crippen molar-refractivity contribution in [3.63, 3.8) is 0 Å². The summed E-state index contributed by atoms with van der Waals surface area (Å²) >= 11 is 0. The number of aromatic amines is 1. The Balaban J connectivity index is 1.54. The van der Waals surface area contributed by atoms with Crippen LogP contribution in [-0.2, 0) is 6.54 Å². The van der Waals surface area contributed by atoms with Gasteiger partial charge in [-0.05, 0) is 29.8 Å². The Kier molecular flexibility index (Phi) is 4.94. The number of carbonyl (C=O) groups is 1. The van der Waals surface area contributed by atoms with Crippen molar-refractivity contribution < 1.29 is 14.6 Å². The summed E-state index contributed by atoms with van der Waals surface area (Å²) in [5.74, 6) is 1.29. The number of anilines is 1. The molecule has 1 aliphatic rings. The number of benzene rings is 1. The van der Waals surface area contributed by atoms with Crippen LogP contribution in [0.15, 0.2) is 55.0 Å². The molecule has 0 spiro atoms. The molecule has 8 heteroatoms. The van der Waals surface area contributed by atoms with Crippen LogP contribution in [0.4, 0.5) is 10.6 Å². The zero-order valence-corrected chi connectivity index (χ0v) is 15.4. The lowest BCUT2D eigenvalue weighted by molar-refractivity contribution is 0.161. The van der Waals surface area contributed by atoms with Gasteiger partial charge in [0.15, 0.2) is 0 Å². The van der Waals surface area contributed by atoms with Crippen molar-refractivity contribution >= 4 is 11.8 Å². The number of nitrogens with zero attached hydrogens (tertiary/aromatic N) is 4. The molecule has 8 nitrogen and oxygen atoms in total. The van der Waals surface area contributed by atoms with Gasteiger partial charge < -0.3 is 14.7 Å². The highest BCUT2D eigenvalue weighted by Crippen LogP contribution is 2.26. The van der Waals surface area contributed by atoms with Crippen molar-refractivity contribution in [2.45, 2.75) is 12.6 Å². The summed E-state index contributed by atoms with van der Waals surface area (Å²) < 4.78 is 5.25. The minimum Gasteiger partial charge on any atom is -0.497 e. The molecule has 3 aromatic rings. The summed E-state index contributed by atoms with van der Waals surface area (Å²) in [6, 6.07) is 10.8. The van der Waals surface area contributed by atoms with E-state index in [2.05, 4.69) is 15.2 Å². The molecule has 144 valence electrons. The molecular weight excluding hydrogens is 358 g/mol. The first-order chi connectivity index (χ1) is 13.7. The number of amides is 2.